The number of rotatable bonds is 7. The highest BCUT2D eigenvalue weighted by molar-refractivity contribution is 8.18. The van der Waals surface area contributed by atoms with Gasteiger partial charge in [0, 0.05) is 17.0 Å². The van der Waals surface area contributed by atoms with Crippen molar-refractivity contribution in [1.82, 2.24) is 9.58 Å². The normalized spacial score (nSPS) is 15.2. The molecule has 2 heterocycles. The van der Waals surface area contributed by atoms with Gasteiger partial charge in [-0.25, -0.2) is 9.79 Å². The van der Waals surface area contributed by atoms with Crippen LogP contribution in [0.1, 0.15) is 43.2 Å². The Morgan fingerprint density at radius 1 is 0.925 bits per heavy atom. The second-order valence-corrected chi connectivity index (χ2v) is 10.2. The maximum Gasteiger partial charge on any atom is 0.335 e. The zero-order valence-corrected chi connectivity index (χ0v) is 22.7. The standard InChI is InChI=1S/C31H26N4O4S/c1-20-17-25(21(2)35(20)33-28(36)23-9-5-3-6-10-23)18-27-29(37)34(19-22-13-15-24(16-14-22)30(38)39)31(40-27)32-26-11-7-4-8-12-26/h3-18H,19H2,1-2H3,(H,33,36)(H,38,39)/b27-18-,32-31?. The number of para-hydroxylation sites is 1. The number of benzene rings is 3. The fourth-order valence-electron chi connectivity index (χ4n) is 4.28. The summed E-state index contributed by atoms with van der Waals surface area (Å²) < 4.78 is 1.71. The van der Waals surface area contributed by atoms with Crippen molar-refractivity contribution in [3.8, 4) is 0 Å². The lowest BCUT2D eigenvalue weighted by Crippen LogP contribution is -2.28. The second-order valence-electron chi connectivity index (χ2n) is 9.20. The summed E-state index contributed by atoms with van der Waals surface area (Å²) in [5.74, 6) is -1.45. The van der Waals surface area contributed by atoms with Gasteiger partial charge in [0.2, 0.25) is 0 Å². The number of aromatic carboxylic acids is 1. The molecule has 1 aliphatic rings. The Hall–Kier alpha value is -4.89. The topological polar surface area (TPSA) is 104 Å². The SMILES string of the molecule is Cc1cc(/C=C2\SC(=Nc3ccccc3)N(Cc3ccc(C(=O)O)cc3)C2=O)c(C)n1NC(=O)c1ccccc1. The van der Waals surface area contributed by atoms with Gasteiger partial charge < -0.3 is 5.11 Å². The number of nitrogens with zero attached hydrogens (tertiary/aromatic N) is 3. The Kier molecular flexibility index (Phi) is 7.65. The minimum atomic E-state index is -1.01. The van der Waals surface area contributed by atoms with Crippen LogP contribution in [0.3, 0.4) is 0 Å². The molecule has 8 nitrogen and oxygen atoms in total. The largest absolute Gasteiger partial charge is 0.478 e. The first-order valence-corrected chi connectivity index (χ1v) is 13.3. The molecule has 1 aliphatic heterocycles. The summed E-state index contributed by atoms with van der Waals surface area (Å²) in [5, 5.41) is 9.74. The molecule has 2 N–H and O–H groups in total. The third-order valence-electron chi connectivity index (χ3n) is 6.42. The summed E-state index contributed by atoms with van der Waals surface area (Å²) in [4.78, 5) is 44.5. The van der Waals surface area contributed by atoms with Crippen LogP contribution in [-0.2, 0) is 11.3 Å². The summed E-state index contributed by atoms with van der Waals surface area (Å²) >= 11 is 1.28. The van der Waals surface area contributed by atoms with E-state index in [-0.39, 0.29) is 23.9 Å². The Bertz CT molecular complexity index is 1640. The summed E-state index contributed by atoms with van der Waals surface area (Å²) in [6.07, 6.45) is 1.81. The third kappa shape index (κ3) is 5.74. The molecule has 5 rings (SSSR count). The first-order chi connectivity index (χ1) is 19.3. The monoisotopic (exact) mass is 550 g/mol. The quantitative estimate of drug-likeness (QED) is 0.275. The predicted octanol–water partition coefficient (Wildman–Crippen LogP) is 5.99. The second kappa shape index (κ2) is 11.5. The summed E-state index contributed by atoms with van der Waals surface area (Å²) in [6.45, 7) is 4.01. The summed E-state index contributed by atoms with van der Waals surface area (Å²) in [6, 6.07) is 26.7. The number of hydrogen-bond acceptors (Lipinski definition) is 5. The van der Waals surface area contributed by atoms with Crippen molar-refractivity contribution in [2.45, 2.75) is 20.4 Å². The van der Waals surface area contributed by atoms with Gasteiger partial charge >= 0.3 is 5.97 Å². The number of carboxylic acid groups (broad SMARTS) is 1. The Labute approximate surface area is 235 Å². The van der Waals surface area contributed by atoms with Crippen LogP contribution in [0.4, 0.5) is 5.69 Å². The van der Waals surface area contributed by atoms with E-state index in [4.69, 9.17) is 4.99 Å². The maximum atomic E-state index is 13.6. The van der Waals surface area contributed by atoms with Crippen molar-refractivity contribution in [3.05, 3.63) is 130 Å². The van der Waals surface area contributed by atoms with Gasteiger partial charge in [-0.2, -0.15) is 0 Å². The molecule has 1 saturated heterocycles. The average molecular weight is 551 g/mol. The van der Waals surface area contributed by atoms with E-state index < -0.39 is 5.97 Å². The third-order valence-corrected chi connectivity index (χ3v) is 7.42. The van der Waals surface area contributed by atoms with Gasteiger partial charge in [0.25, 0.3) is 11.8 Å². The highest BCUT2D eigenvalue weighted by Gasteiger charge is 2.34. The highest BCUT2D eigenvalue weighted by atomic mass is 32.2. The molecular formula is C31H26N4O4S. The molecule has 40 heavy (non-hydrogen) atoms. The number of carbonyl (C=O) groups excluding carboxylic acids is 2. The van der Waals surface area contributed by atoms with Crippen molar-refractivity contribution in [2.24, 2.45) is 4.99 Å². The lowest BCUT2D eigenvalue weighted by atomic mass is 10.1. The van der Waals surface area contributed by atoms with Crippen LogP contribution in [0.15, 0.2) is 101 Å². The average Bonchev–Trinajstić information content (AvgIpc) is 3.39. The number of carbonyl (C=O) groups is 3. The predicted molar refractivity (Wildman–Crippen MR) is 157 cm³/mol. The Morgan fingerprint density at radius 2 is 1.57 bits per heavy atom. The minimum Gasteiger partial charge on any atom is -0.478 e. The lowest BCUT2D eigenvalue weighted by molar-refractivity contribution is -0.122. The van der Waals surface area contributed by atoms with Crippen LogP contribution in [0.5, 0.6) is 0 Å². The molecule has 200 valence electrons. The van der Waals surface area contributed by atoms with E-state index >= 15 is 0 Å². The van der Waals surface area contributed by atoms with Crippen LogP contribution in [0.25, 0.3) is 6.08 Å². The Balaban J connectivity index is 1.45. The van der Waals surface area contributed by atoms with Crippen LogP contribution in [0, 0.1) is 13.8 Å². The van der Waals surface area contributed by atoms with E-state index in [1.165, 1.54) is 23.9 Å². The van der Waals surface area contributed by atoms with Gasteiger partial charge in [0.05, 0.1) is 22.7 Å². The van der Waals surface area contributed by atoms with Gasteiger partial charge in [0.15, 0.2) is 5.17 Å². The molecule has 1 aromatic heterocycles. The highest BCUT2D eigenvalue weighted by Crippen LogP contribution is 2.36. The molecule has 0 radical (unpaired) electrons. The van der Waals surface area contributed by atoms with Crippen molar-refractivity contribution < 1.29 is 19.5 Å². The lowest BCUT2D eigenvalue weighted by Gasteiger charge is -2.16. The van der Waals surface area contributed by atoms with Crippen LogP contribution in [-0.4, -0.2) is 37.6 Å². The number of hydrogen-bond donors (Lipinski definition) is 2. The number of nitrogens with one attached hydrogen (secondary N) is 1. The zero-order valence-electron chi connectivity index (χ0n) is 21.9. The van der Waals surface area contributed by atoms with Crippen LogP contribution >= 0.6 is 11.8 Å². The number of aryl methyl sites for hydroxylation is 1. The molecular weight excluding hydrogens is 524 g/mol. The first kappa shape index (κ1) is 26.7. The van der Waals surface area contributed by atoms with Gasteiger partial charge in [0.1, 0.15) is 0 Å². The smallest absolute Gasteiger partial charge is 0.335 e. The maximum absolute atomic E-state index is 13.6. The number of thioether (sulfide) groups is 1. The zero-order chi connectivity index (χ0) is 28.2. The molecule has 3 aromatic carbocycles. The molecule has 0 bridgehead atoms. The minimum absolute atomic E-state index is 0.180. The molecule has 0 spiro atoms. The molecule has 0 saturated carbocycles. The molecule has 0 atom stereocenters. The van der Waals surface area contributed by atoms with Gasteiger partial charge in [-0.05, 0) is 85.3 Å². The number of amides is 2. The Morgan fingerprint density at radius 3 is 2.23 bits per heavy atom. The number of aliphatic imine (C=N–C) groups is 1. The molecule has 9 heteroatoms. The van der Waals surface area contributed by atoms with Crippen molar-refractivity contribution in [1.29, 1.82) is 0 Å². The van der Waals surface area contributed by atoms with Crippen molar-refractivity contribution in [2.75, 3.05) is 5.43 Å². The van der Waals surface area contributed by atoms with E-state index in [0.717, 1.165) is 22.5 Å². The molecule has 2 amide bonds. The number of aromatic nitrogens is 1. The number of carboxylic acids is 1. The van der Waals surface area contributed by atoms with Crippen LogP contribution < -0.4 is 5.43 Å². The van der Waals surface area contributed by atoms with E-state index in [0.29, 0.717) is 21.3 Å². The van der Waals surface area contributed by atoms with Crippen molar-refractivity contribution >= 4 is 46.5 Å². The fourth-order valence-corrected chi connectivity index (χ4v) is 5.27. The van der Waals surface area contributed by atoms with Crippen molar-refractivity contribution in [3.63, 3.8) is 0 Å². The fraction of sp³-hybridized carbons (Fsp3) is 0.0968. The summed E-state index contributed by atoms with van der Waals surface area (Å²) in [7, 11) is 0. The molecule has 1 fully saturated rings. The van der Waals surface area contributed by atoms with E-state index in [9.17, 15) is 19.5 Å². The van der Waals surface area contributed by atoms with E-state index in [1.54, 1.807) is 33.8 Å². The van der Waals surface area contributed by atoms with Gasteiger partial charge in [-0.15, -0.1) is 0 Å². The van der Waals surface area contributed by atoms with Crippen LogP contribution in [0.2, 0.25) is 0 Å². The van der Waals surface area contributed by atoms with Gasteiger partial charge in [-0.3, -0.25) is 24.6 Å². The van der Waals surface area contributed by atoms with E-state index in [2.05, 4.69) is 5.43 Å². The first-order valence-electron chi connectivity index (χ1n) is 12.5. The summed E-state index contributed by atoms with van der Waals surface area (Å²) in [5.41, 5.74) is 7.55. The molecule has 0 unspecified atom stereocenters. The number of amidine groups is 1. The van der Waals surface area contributed by atoms with E-state index in [1.807, 2.05) is 74.5 Å². The molecule has 0 aliphatic carbocycles. The van der Waals surface area contributed by atoms with Gasteiger partial charge in [-0.1, -0.05) is 48.5 Å². The molecule has 4 aromatic rings.